The maximum atomic E-state index is 12.9. The third-order valence-electron chi connectivity index (χ3n) is 5.12. The summed E-state index contributed by atoms with van der Waals surface area (Å²) >= 11 is 1.44. The third-order valence-corrected chi connectivity index (χ3v) is 6.07. The van der Waals surface area contributed by atoms with Crippen molar-refractivity contribution in [3.05, 3.63) is 54.1 Å². The number of hydrogen-bond donors (Lipinski definition) is 0. The molecular weight excluding hydrogens is 384 g/mol. The number of aromatic nitrogens is 3. The molecule has 1 aliphatic rings. The number of fused-ring (bicyclic) bond motifs is 1. The minimum Gasteiger partial charge on any atom is -0.497 e. The van der Waals surface area contributed by atoms with Crippen LogP contribution in [0.25, 0.3) is 11.4 Å². The highest BCUT2D eigenvalue weighted by Crippen LogP contribution is 2.29. The number of anilines is 1. The van der Waals surface area contributed by atoms with Gasteiger partial charge in [-0.3, -0.25) is 4.79 Å². The summed E-state index contributed by atoms with van der Waals surface area (Å²) in [5.74, 6) is 2.06. The Morgan fingerprint density at radius 3 is 2.69 bits per heavy atom. The molecule has 4 rings (SSSR count). The van der Waals surface area contributed by atoms with E-state index in [9.17, 15) is 4.79 Å². The van der Waals surface area contributed by atoms with E-state index < -0.39 is 0 Å². The zero-order chi connectivity index (χ0) is 20.2. The summed E-state index contributed by atoms with van der Waals surface area (Å²) < 4.78 is 7.27. The molecule has 0 radical (unpaired) electrons. The van der Waals surface area contributed by atoms with Crippen molar-refractivity contribution in [2.45, 2.75) is 31.5 Å². The predicted octanol–water partition coefficient (Wildman–Crippen LogP) is 4.05. The number of carbonyl (C=O) groups excluding carboxylic acids is 1. The van der Waals surface area contributed by atoms with Gasteiger partial charge in [-0.2, -0.15) is 0 Å². The summed E-state index contributed by atoms with van der Waals surface area (Å²) in [6, 6.07) is 15.9. The highest BCUT2D eigenvalue weighted by molar-refractivity contribution is 7.99. The Bertz CT molecular complexity index is 1000. The molecular formula is C22H24N4O2S. The monoisotopic (exact) mass is 408 g/mol. The molecule has 6 nitrogen and oxygen atoms in total. The molecule has 3 aromatic rings. The Hall–Kier alpha value is -2.80. The number of carbonyl (C=O) groups is 1. The van der Waals surface area contributed by atoms with Crippen molar-refractivity contribution < 1.29 is 9.53 Å². The minimum atomic E-state index is 0.110. The molecule has 2 aromatic carbocycles. The highest BCUT2D eigenvalue weighted by Gasteiger charge is 2.23. The van der Waals surface area contributed by atoms with Crippen molar-refractivity contribution in [3.8, 4) is 17.1 Å². The van der Waals surface area contributed by atoms with Crippen LogP contribution in [0.15, 0.2) is 53.7 Å². The fourth-order valence-corrected chi connectivity index (χ4v) is 4.51. The Morgan fingerprint density at radius 1 is 1.14 bits per heavy atom. The fourth-order valence-electron chi connectivity index (χ4n) is 3.63. The summed E-state index contributed by atoms with van der Waals surface area (Å²) in [4.78, 5) is 14.8. The van der Waals surface area contributed by atoms with E-state index in [-0.39, 0.29) is 5.91 Å². The van der Waals surface area contributed by atoms with Gasteiger partial charge in [0.15, 0.2) is 11.0 Å². The van der Waals surface area contributed by atoms with Crippen LogP contribution in [0.5, 0.6) is 5.75 Å². The molecule has 1 amide bonds. The van der Waals surface area contributed by atoms with Gasteiger partial charge in [-0.25, -0.2) is 0 Å². The number of aryl methyl sites for hydroxylation is 1. The zero-order valence-corrected chi connectivity index (χ0v) is 17.5. The molecule has 0 saturated carbocycles. The molecule has 0 unspecified atom stereocenters. The number of rotatable bonds is 6. The van der Waals surface area contributed by atoms with Gasteiger partial charge in [0.2, 0.25) is 5.91 Å². The molecule has 1 aromatic heterocycles. The van der Waals surface area contributed by atoms with Crippen molar-refractivity contribution in [1.82, 2.24) is 14.8 Å². The number of ether oxygens (including phenoxy) is 1. The lowest BCUT2D eigenvalue weighted by atomic mass is 10.0. The lowest BCUT2D eigenvalue weighted by molar-refractivity contribution is -0.116. The van der Waals surface area contributed by atoms with Gasteiger partial charge in [0.05, 0.1) is 12.9 Å². The Balaban J connectivity index is 1.49. The topological polar surface area (TPSA) is 60.2 Å². The van der Waals surface area contributed by atoms with Crippen LogP contribution >= 0.6 is 11.8 Å². The van der Waals surface area contributed by atoms with E-state index in [4.69, 9.17) is 4.74 Å². The van der Waals surface area contributed by atoms with Gasteiger partial charge in [0, 0.05) is 24.3 Å². The lowest BCUT2D eigenvalue weighted by Crippen LogP contribution is -2.36. The summed E-state index contributed by atoms with van der Waals surface area (Å²) in [5.41, 5.74) is 3.26. The molecule has 0 aliphatic carbocycles. The van der Waals surface area contributed by atoms with Gasteiger partial charge >= 0.3 is 0 Å². The van der Waals surface area contributed by atoms with Gasteiger partial charge in [0.25, 0.3) is 0 Å². The first-order chi connectivity index (χ1) is 14.2. The first kappa shape index (κ1) is 19.5. The summed E-state index contributed by atoms with van der Waals surface area (Å²) in [6.07, 6.45) is 2.03. The molecule has 0 saturated heterocycles. The van der Waals surface area contributed by atoms with Crippen LogP contribution in [0, 0.1) is 0 Å². The molecule has 2 heterocycles. The molecule has 0 N–H and O–H groups in total. The van der Waals surface area contributed by atoms with Gasteiger partial charge < -0.3 is 14.2 Å². The molecule has 7 heteroatoms. The second-order valence-corrected chi connectivity index (χ2v) is 7.79. The van der Waals surface area contributed by atoms with Crippen LogP contribution in [0.2, 0.25) is 0 Å². The van der Waals surface area contributed by atoms with Crippen LogP contribution in [-0.4, -0.2) is 40.1 Å². The van der Waals surface area contributed by atoms with Crippen LogP contribution < -0.4 is 9.64 Å². The molecule has 0 spiro atoms. The standard InChI is InChI=1S/C22H24N4O2S/c1-3-25-21(17-10-12-18(28-2)13-11-17)23-24-22(25)29-15-20(27)26-14-6-8-16-7-4-5-9-19(16)26/h4-5,7,9-13H,3,6,8,14-15H2,1-2H3. The van der Waals surface area contributed by atoms with Crippen molar-refractivity contribution in [3.63, 3.8) is 0 Å². The van der Waals surface area contributed by atoms with Gasteiger partial charge in [-0.15, -0.1) is 10.2 Å². The van der Waals surface area contributed by atoms with Crippen molar-refractivity contribution in [2.24, 2.45) is 0 Å². The van der Waals surface area contributed by atoms with Crippen molar-refractivity contribution >= 4 is 23.4 Å². The fraction of sp³-hybridized carbons (Fsp3) is 0.318. The van der Waals surface area contributed by atoms with E-state index in [1.54, 1.807) is 7.11 Å². The number of thioether (sulfide) groups is 1. The number of benzene rings is 2. The maximum Gasteiger partial charge on any atom is 0.237 e. The molecule has 29 heavy (non-hydrogen) atoms. The number of nitrogens with zero attached hydrogens (tertiary/aromatic N) is 4. The second kappa shape index (κ2) is 8.69. The average molecular weight is 409 g/mol. The first-order valence-electron chi connectivity index (χ1n) is 9.80. The minimum absolute atomic E-state index is 0.110. The van der Waals surface area contributed by atoms with E-state index in [0.717, 1.165) is 53.9 Å². The van der Waals surface area contributed by atoms with E-state index in [1.165, 1.54) is 17.3 Å². The molecule has 0 bridgehead atoms. The predicted molar refractivity (Wildman–Crippen MR) is 116 cm³/mol. The van der Waals surface area contributed by atoms with E-state index in [0.29, 0.717) is 5.75 Å². The van der Waals surface area contributed by atoms with E-state index in [1.807, 2.05) is 51.9 Å². The van der Waals surface area contributed by atoms with Crippen molar-refractivity contribution in [1.29, 1.82) is 0 Å². The number of methoxy groups -OCH3 is 1. The highest BCUT2D eigenvalue weighted by atomic mass is 32.2. The van der Waals surface area contributed by atoms with Gasteiger partial charge in [0.1, 0.15) is 5.75 Å². The van der Waals surface area contributed by atoms with Crippen LogP contribution in [0.1, 0.15) is 18.9 Å². The maximum absolute atomic E-state index is 12.9. The molecule has 0 fully saturated rings. The Kier molecular flexibility index (Phi) is 5.85. The Labute approximate surface area is 174 Å². The smallest absolute Gasteiger partial charge is 0.237 e. The van der Waals surface area contributed by atoms with E-state index in [2.05, 4.69) is 23.2 Å². The number of hydrogen-bond acceptors (Lipinski definition) is 5. The van der Waals surface area contributed by atoms with Crippen LogP contribution in [-0.2, 0) is 17.8 Å². The zero-order valence-electron chi connectivity index (χ0n) is 16.7. The summed E-state index contributed by atoms with van der Waals surface area (Å²) in [5, 5.41) is 9.47. The molecule has 1 aliphatic heterocycles. The summed E-state index contributed by atoms with van der Waals surface area (Å²) in [6.45, 7) is 3.56. The van der Waals surface area contributed by atoms with Crippen LogP contribution in [0.4, 0.5) is 5.69 Å². The molecule has 150 valence electrons. The van der Waals surface area contributed by atoms with Crippen LogP contribution in [0.3, 0.4) is 0 Å². The summed E-state index contributed by atoms with van der Waals surface area (Å²) in [7, 11) is 1.65. The van der Waals surface area contributed by atoms with Gasteiger partial charge in [-0.05, 0) is 55.7 Å². The van der Waals surface area contributed by atoms with E-state index >= 15 is 0 Å². The lowest BCUT2D eigenvalue weighted by Gasteiger charge is -2.29. The number of para-hydroxylation sites is 1. The number of amides is 1. The second-order valence-electron chi connectivity index (χ2n) is 6.85. The average Bonchev–Trinajstić information content (AvgIpc) is 3.20. The normalized spacial score (nSPS) is 13.2. The largest absolute Gasteiger partial charge is 0.497 e. The third kappa shape index (κ3) is 4.00. The van der Waals surface area contributed by atoms with Gasteiger partial charge in [-0.1, -0.05) is 30.0 Å². The Morgan fingerprint density at radius 2 is 1.93 bits per heavy atom. The SMILES string of the molecule is CCn1c(SCC(=O)N2CCCc3ccccc32)nnc1-c1ccc(OC)cc1. The first-order valence-corrected chi connectivity index (χ1v) is 10.8. The quantitative estimate of drug-likeness (QED) is 0.576. The molecule has 0 atom stereocenters. The van der Waals surface area contributed by atoms with Crippen molar-refractivity contribution in [2.75, 3.05) is 24.3 Å².